The van der Waals surface area contributed by atoms with Crippen molar-refractivity contribution in [1.29, 1.82) is 0 Å². The van der Waals surface area contributed by atoms with Gasteiger partial charge in [0, 0.05) is 17.1 Å². The lowest BCUT2D eigenvalue weighted by Crippen LogP contribution is -2.65. The molecule has 0 spiro atoms. The molecule has 5 rings (SSSR count). The van der Waals surface area contributed by atoms with Gasteiger partial charge in [-0.1, -0.05) is 23.2 Å². The van der Waals surface area contributed by atoms with E-state index in [2.05, 4.69) is 15.6 Å². The maximum atomic E-state index is 12.6. The number of halogens is 5. The number of aromatic nitrogens is 1. The number of nitrogens with zero attached hydrogens (tertiary/aromatic N) is 1. The first kappa shape index (κ1) is 24.4. The Balaban J connectivity index is 1.20. The van der Waals surface area contributed by atoms with Crippen LogP contribution in [0.4, 0.5) is 13.2 Å². The van der Waals surface area contributed by atoms with Crippen molar-refractivity contribution in [2.45, 2.75) is 42.9 Å². The molecular weight excluding hydrogens is 498 g/mol. The van der Waals surface area contributed by atoms with Gasteiger partial charge in [-0.2, -0.15) is 13.2 Å². The summed E-state index contributed by atoms with van der Waals surface area (Å²) >= 11 is 11.8. The van der Waals surface area contributed by atoms with Crippen LogP contribution in [0, 0.1) is 0 Å². The summed E-state index contributed by atoms with van der Waals surface area (Å²) < 4.78 is 48.4. The number of ether oxygens (including phenoxy) is 2. The minimum absolute atomic E-state index is 0.0595. The maximum Gasteiger partial charge on any atom is 0.433 e. The molecule has 3 aliphatic rings. The second kappa shape index (κ2) is 9.14. The Labute approximate surface area is 202 Å². The van der Waals surface area contributed by atoms with Gasteiger partial charge in [0.2, 0.25) is 0 Å². The summed E-state index contributed by atoms with van der Waals surface area (Å²) in [5, 5.41) is 6.62. The summed E-state index contributed by atoms with van der Waals surface area (Å²) in [6.45, 7) is -0.542. The molecule has 2 amide bonds. The average Bonchev–Trinajstić information content (AvgIpc) is 3.27. The smallest absolute Gasteiger partial charge is 0.433 e. The predicted octanol–water partition coefficient (Wildman–Crippen LogP) is 4.16. The number of hydrogen-bond acceptors (Lipinski definition) is 5. The number of amides is 2. The number of carbonyl (C=O) groups is 2. The molecule has 2 N–H and O–H groups in total. The molecule has 182 valence electrons. The Morgan fingerprint density at radius 2 is 1.47 bits per heavy atom. The van der Waals surface area contributed by atoms with Gasteiger partial charge in [-0.25, -0.2) is 4.98 Å². The van der Waals surface area contributed by atoms with Crippen LogP contribution in [0.5, 0.6) is 11.5 Å². The van der Waals surface area contributed by atoms with E-state index in [0.717, 1.165) is 18.3 Å². The molecule has 0 unspecified atom stereocenters. The van der Waals surface area contributed by atoms with E-state index in [1.807, 2.05) is 0 Å². The van der Waals surface area contributed by atoms with E-state index >= 15 is 0 Å². The van der Waals surface area contributed by atoms with Crippen molar-refractivity contribution >= 4 is 35.0 Å². The Morgan fingerprint density at radius 1 is 0.912 bits per heavy atom. The third kappa shape index (κ3) is 5.50. The SMILES string of the molecule is O=C(COc1ccc(C(F)(F)F)nc1)NC12CCC(NC(=O)COc3ccc(Cl)c(Cl)c3)(C1)C2. The minimum Gasteiger partial charge on any atom is -0.484 e. The summed E-state index contributed by atoms with van der Waals surface area (Å²) in [4.78, 5) is 27.9. The van der Waals surface area contributed by atoms with E-state index in [9.17, 15) is 22.8 Å². The highest BCUT2D eigenvalue weighted by molar-refractivity contribution is 6.42. The first-order chi connectivity index (χ1) is 16.0. The van der Waals surface area contributed by atoms with Crippen LogP contribution in [0.15, 0.2) is 36.5 Å². The minimum atomic E-state index is -4.54. The molecule has 7 nitrogen and oxygen atoms in total. The van der Waals surface area contributed by atoms with Crippen molar-refractivity contribution in [2.24, 2.45) is 0 Å². The number of alkyl halides is 3. The highest BCUT2D eigenvalue weighted by atomic mass is 35.5. The first-order valence-electron chi connectivity index (χ1n) is 10.3. The lowest BCUT2D eigenvalue weighted by Gasteiger charge is -2.48. The zero-order chi connectivity index (χ0) is 24.6. The Kier molecular flexibility index (Phi) is 6.56. The van der Waals surface area contributed by atoms with Crippen LogP contribution in [0.2, 0.25) is 10.0 Å². The molecule has 3 aliphatic carbocycles. The van der Waals surface area contributed by atoms with E-state index in [0.29, 0.717) is 41.5 Å². The summed E-state index contributed by atoms with van der Waals surface area (Å²) in [5.41, 5.74) is -1.87. The number of carbonyl (C=O) groups excluding carboxylic acids is 2. The molecule has 3 saturated carbocycles. The zero-order valence-corrected chi connectivity index (χ0v) is 19.2. The molecule has 1 aromatic heterocycles. The number of nitrogens with one attached hydrogen (secondary N) is 2. The van der Waals surface area contributed by atoms with Gasteiger partial charge >= 0.3 is 6.18 Å². The van der Waals surface area contributed by atoms with Gasteiger partial charge in [0.25, 0.3) is 11.8 Å². The zero-order valence-electron chi connectivity index (χ0n) is 17.7. The van der Waals surface area contributed by atoms with Crippen molar-refractivity contribution < 1.29 is 32.2 Å². The molecule has 2 aromatic rings. The van der Waals surface area contributed by atoms with Crippen molar-refractivity contribution in [2.75, 3.05) is 13.2 Å². The third-order valence-corrected chi connectivity index (χ3v) is 6.64. The molecule has 0 aliphatic heterocycles. The molecule has 1 heterocycles. The maximum absolute atomic E-state index is 12.6. The second-order valence-corrected chi connectivity index (χ2v) is 9.36. The number of pyridine rings is 1. The Bertz CT molecular complexity index is 1090. The molecule has 12 heteroatoms. The molecule has 34 heavy (non-hydrogen) atoms. The van der Waals surface area contributed by atoms with Crippen LogP contribution in [0.3, 0.4) is 0 Å². The van der Waals surface area contributed by atoms with Crippen molar-refractivity contribution in [1.82, 2.24) is 15.6 Å². The van der Waals surface area contributed by atoms with Crippen LogP contribution in [-0.4, -0.2) is 41.1 Å². The van der Waals surface area contributed by atoms with Crippen molar-refractivity contribution in [3.63, 3.8) is 0 Å². The van der Waals surface area contributed by atoms with Gasteiger partial charge in [0.15, 0.2) is 13.2 Å². The van der Waals surface area contributed by atoms with Gasteiger partial charge in [-0.15, -0.1) is 0 Å². The third-order valence-electron chi connectivity index (χ3n) is 5.90. The second-order valence-electron chi connectivity index (χ2n) is 8.54. The molecule has 0 atom stereocenters. The van der Waals surface area contributed by atoms with Gasteiger partial charge < -0.3 is 20.1 Å². The summed E-state index contributed by atoms with van der Waals surface area (Å²) in [5.74, 6) is -0.202. The lowest BCUT2D eigenvalue weighted by atomic mass is 9.71. The number of hydrogen-bond donors (Lipinski definition) is 2. The van der Waals surface area contributed by atoms with E-state index in [1.165, 1.54) is 6.07 Å². The van der Waals surface area contributed by atoms with Gasteiger partial charge in [-0.05, 0) is 49.9 Å². The largest absolute Gasteiger partial charge is 0.484 e. The molecule has 0 saturated heterocycles. The van der Waals surface area contributed by atoms with Gasteiger partial charge in [-0.3, -0.25) is 9.59 Å². The highest BCUT2D eigenvalue weighted by Gasteiger charge is 2.62. The summed E-state index contributed by atoms with van der Waals surface area (Å²) in [6, 6.07) is 6.62. The highest BCUT2D eigenvalue weighted by Crippen LogP contribution is 2.55. The van der Waals surface area contributed by atoms with Crippen LogP contribution >= 0.6 is 23.2 Å². The van der Waals surface area contributed by atoms with E-state index in [4.69, 9.17) is 32.7 Å². The molecular formula is C22H20Cl2F3N3O4. The van der Waals surface area contributed by atoms with E-state index in [1.54, 1.807) is 12.1 Å². The van der Waals surface area contributed by atoms with Crippen LogP contribution in [0.25, 0.3) is 0 Å². The molecule has 2 bridgehead atoms. The molecule has 1 aromatic carbocycles. The quantitative estimate of drug-likeness (QED) is 0.548. The fourth-order valence-electron chi connectivity index (χ4n) is 4.54. The standard InChI is InChI=1S/C22H20Cl2F3N3O4/c23-15-3-1-13(7-16(15)24)33-9-18(31)29-20-5-6-21(11-20,12-20)30-19(32)10-34-14-2-4-17(28-8-14)22(25,26)27/h1-4,7-8H,5-6,9-12H2,(H,29,31)(H,30,32). The molecule has 0 radical (unpaired) electrons. The number of rotatable bonds is 8. The number of fused-ring (bicyclic) bond motifs is 1. The van der Waals surface area contributed by atoms with Crippen LogP contribution in [0.1, 0.15) is 31.4 Å². The van der Waals surface area contributed by atoms with Crippen LogP contribution in [-0.2, 0) is 15.8 Å². The first-order valence-corrected chi connectivity index (χ1v) is 11.1. The van der Waals surface area contributed by atoms with Crippen LogP contribution < -0.4 is 20.1 Å². The summed E-state index contributed by atoms with van der Waals surface area (Å²) in [6.07, 6.45) is -1.07. The Morgan fingerprint density at radius 3 is 1.97 bits per heavy atom. The average molecular weight is 518 g/mol. The van der Waals surface area contributed by atoms with Crippen molar-refractivity contribution in [3.8, 4) is 11.5 Å². The van der Waals surface area contributed by atoms with E-state index in [-0.39, 0.29) is 24.9 Å². The topological polar surface area (TPSA) is 89.5 Å². The summed E-state index contributed by atoms with van der Waals surface area (Å²) in [7, 11) is 0. The molecule has 3 fully saturated rings. The van der Waals surface area contributed by atoms with Gasteiger partial charge in [0.05, 0.1) is 16.2 Å². The fourth-order valence-corrected chi connectivity index (χ4v) is 4.83. The number of benzene rings is 1. The monoisotopic (exact) mass is 517 g/mol. The van der Waals surface area contributed by atoms with Gasteiger partial charge in [0.1, 0.15) is 17.2 Å². The Hall–Kier alpha value is -2.72. The lowest BCUT2D eigenvalue weighted by molar-refractivity contribution is -0.141. The predicted molar refractivity (Wildman–Crippen MR) is 117 cm³/mol. The fraction of sp³-hybridized carbons (Fsp3) is 0.409. The van der Waals surface area contributed by atoms with E-state index < -0.39 is 28.9 Å². The van der Waals surface area contributed by atoms with Crippen molar-refractivity contribution in [3.05, 3.63) is 52.3 Å². The normalized spacial score (nSPS) is 23.1.